The fourth-order valence-corrected chi connectivity index (χ4v) is 1.53. The summed E-state index contributed by atoms with van der Waals surface area (Å²) in [6.45, 7) is 6.36. The van der Waals surface area contributed by atoms with Gasteiger partial charge in [-0.3, -0.25) is 0 Å². The van der Waals surface area contributed by atoms with E-state index in [1.54, 1.807) is 7.11 Å². The molecule has 0 fully saturated rings. The van der Waals surface area contributed by atoms with E-state index in [0.29, 0.717) is 0 Å². The second kappa shape index (κ2) is 4.29. The third-order valence-corrected chi connectivity index (χ3v) is 2.18. The molecule has 2 heteroatoms. The Kier molecular flexibility index (Phi) is 3.33. The normalized spacial score (nSPS) is 9.58. The number of aryl methyl sites for hydroxylation is 1. The maximum atomic E-state index is 5.28. The summed E-state index contributed by atoms with van der Waals surface area (Å²) in [7, 11) is 1.73. The fourth-order valence-electron chi connectivity index (χ4n) is 1.53. The van der Waals surface area contributed by atoms with Crippen molar-refractivity contribution in [1.82, 2.24) is 0 Å². The van der Waals surface area contributed by atoms with Crippen molar-refractivity contribution in [2.24, 2.45) is 0 Å². The zero-order valence-corrected chi connectivity index (χ0v) is 8.05. The topological polar surface area (TPSA) is 9.23 Å². The molecule has 0 amide bonds. The average Bonchev–Trinajstić information content (AvgIpc) is 2.16. The summed E-state index contributed by atoms with van der Waals surface area (Å²) in [4.78, 5) is 0. The number of hydrogen-bond donors (Lipinski definition) is 0. The van der Waals surface area contributed by atoms with Crippen LogP contribution in [0.2, 0.25) is 0 Å². The molecule has 0 atom stereocenters. The molecule has 0 bridgehead atoms. The van der Waals surface area contributed by atoms with Crippen molar-refractivity contribution in [3.05, 3.63) is 23.2 Å². The van der Waals surface area contributed by atoms with Crippen LogP contribution in [-0.2, 0) is 12.8 Å². The molecule has 0 radical (unpaired) electrons. The van der Waals surface area contributed by atoms with Crippen molar-refractivity contribution in [1.29, 1.82) is 0 Å². The minimum atomic E-state index is 1.02. The van der Waals surface area contributed by atoms with Crippen LogP contribution in [0.3, 0.4) is 0 Å². The first-order chi connectivity index (χ1) is 5.83. The Morgan fingerprint density at radius 2 is 2.08 bits per heavy atom. The summed E-state index contributed by atoms with van der Waals surface area (Å²) >= 11 is 0. The molecule has 0 unspecified atom stereocenters. The summed E-state index contributed by atoms with van der Waals surface area (Å²) in [6.07, 6.45) is 2.13. The first-order valence-electron chi connectivity index (χ1n) is 4.48. The van der Waals surface area contributed by atoms with Crippen molar-refractivity contribution in [3.8, 4) is 5.64 Å². The predicted molar refractivity (Wildman–Crippen MR) is 53.1 cm³/mol. The Hall–Kier alpha value is -0.785. The molecule has 0 aliphatic heterocycles. The van der Waals surface area contributed by atoms with E-state index in [2.05, 4.69) is 25.9 Å². The Labute approximate surface area is 75.0 Å². The number of hydrogen-bond acceptors (Lipinski definition) is 1. The van der Waals surface area contributed by atoms with E-state index in [9.17, 15) is 0 Å². The Bertz CT molecular complexity index is 236. The molecular formula is C10H15BO. The standard InChI is InChI=1S/C10H15BO/c1-4-8-6-7-11-10(12-3)9(8)5-2/h6-7H,4-5H2,1-3H3. The first-order valence-corrected chi connectivity index (χ1v) is 4.48. The van der Waals surface area contributed by atoms with E-state index in [0.717, 1.165) is 18.5 Å². The van der Waals surface area contributed by atoms with E-state index in [1.165, 1.54) is 11.1 Å². The van der Waals surface area contributed by atoms with Gasteiger partial charge in [-0.15, -0.1) is 0 Å². The van der Waals surface area contributed by atoms with Crippen LogP contribution in [-0.4, -0.2) is 14.0 Å². The van der Waals surface area contributed by atoms with Gasteiger partial charge in [-0.1, -0.05) is 0 Å². The van der Waals surface area contributed by atoms with Gasteiger partial charge in [-0.05, 0) is 0 Å². The summed E-state index contributed by atoms with van der Waals surface area (Å²) < 4.78 is 5.28. The Morgan fingerprint density at radius 1 is 1.33 bits per heavy atom. The van der Waals surface area contributed by atoms with Crippen molar-refractivity contribution in [3.63, 3.8) is 0 Å². The van der Waals surface area contributed by atoms with Gasteiger partial charge in [0.25, 0.3) is 0 Å². The van der Waals surface area contributed by atoms with Gasteiger partial charge in [0.05, 0.1) is 0 Å². The van der Waals surface area contributed by atoms with Crippen LogP contribution in [0.25, 0.3) is 0 Å². The van der Waals surface area contributed by atoms with E-state index < -0.39 is 0 Å². The van der Waals surface area contributed by atoms with Crippen molar-refractivity contribution < 1.29 is 4.74 Å². The Morgan fingerprint density at radius 3 is 2.58 bits per heavy atom. The molecule has 0 saturated carbocycles. The summed E-state index contributed by atoms with van der Waals surface area (Å²) in [6, 6.07) is 2.17. The molecular weight excluding hydrogens is 147 g/mol. The minimum absolute atomic E-state index is 1.02. The van der Waals surface area contributed by atoms with Crippen LogP contribution in [0.5, 0.6) is 5.64 Å². The van der Waals surface area contributed by atoms with E-state index in [4.69, 9.17) is 4.74 Å². The quantitative estimate of drug-likeness (QED) is 0.661. The van der Waals surface area contributed by atoms with Crippen LogP contribution >= 0.6 is 0 Å². The maximum absolute atomic E-state index is 5.28. The second-order valence-corrected chi connectivity index (χ2v) is 2.81. The molecule has 0 spiro atoms. The molecule has 0 saturated heterocycles. The van der Waals surface area contributed by atoms with Gasteiger partial charge in [0, 0.05) is 0 Å². The van der Waals surface area contributed by atoms with Crippen LogP contribution in [0.4, 0.5) is 0 Å². The third kappa shape index (κ3) is 1.68. The van der Waals surface area contributed by atoms with Gasteiger partial charge in [0.1, 0.15) is 0 Å². The molecule has 1 rings (SSSR count). The molecule has 1 aromatic rings. The van der Waals surface area contributed by atoms with Gasteiger partial charge in [-0.2, -0.15) is 0 Å². The summed E-state index contributed by atoms with van der Waals surface area (Å²) in [5, 5.41) is 0. The zero-order valence-electron chi connectivity index (χ0n) is 8.05. The molecule has 64 valence electrons. The zero-order chi connectivity index (χ0) is 8.97. The molecule has 0 aromatic carbocycles. The van der Waals surface area contributed by atoms with Crippen molar-refractivity contribution >= 4 is 6.91 Å². The van der Waals surface area contributed by atoms with Gasteiger partial charge in [0.2, 0.25) is 0 Å². The van der Waals surface area contributed by atoms with E-state index in [1.807, 2.05) is 6.91 Å². The van der Waals surface area contributed by atoms with Crippen LogP contribution < -0.4 is 4.74 Å². The van der Waals surface area contributed by atoms with Crippen molar-refractivity contribution in [2.45, 2.75) is 26.7 Å². The Balaban J connectivity index is 3.13. The van der Waals surface area contributed by atoms with Gasteiger partial charge in [0.15, 0.2) is 0 Å². The summed E-state index contributed by atoms with van der Waals surface area (Å²) in [5.74, 6) is 2.05. The molecule has 0 aliphatic rings. The van der Waals surface area contributed by atoms with Gasteiger partial charge >= 0.3 is 74.2 Å². The summed E-state index contributed by atoms with van der Waals surface area (Å²) in [5.41, 5.74) is 3.77. The van der Waals surface area contributed by atoms with Crippen LogP contribution in [0.15, 0.2) is 12.0 Å². The molecule has 1 heterocycles. The number of rotatable bonds is 3. The third-order valence-electron chi connectivity index (χ3n) is 2.18. The molecule has 1 nitrogen and oxygen atoms in total. The predicted octanol–water partition coefficient (Wildman–Crippen LogP) is 2.16. The molecule has 0 aliphatic carbocycles. The SMILES string of the molecule is CCc1ccbc(OC)c1CC. The van der Waals surface area contributed by atoms with Crippen LogP contribution in [0.1, 0.15) is 25.0 Å². The molecule has 1 aromatic heterocycles. The molecule has 12 heavy (non-hydrogen) atoms. The van der Waals surface area contributed by atoms with Gasteiger partial charge < -0.3 is 0 Å². The average molecular weight is 162 g/mol. The first kappa shape index (κ1) is 9.30. The molecule has 0 N–H and O–H groups in total. The van der Waals surface area contributed by atoms with Crippen LogP contribution in [0, 0.1) is 0 Å². The van der Waals surface area contributed by atoms with E-state index >= 15 is 0 Å². The van der Waals surface area contributed by atoms with Crippen molar-refractivity contribution in [2.75, 3.05) is 7.11 Å². The fraction of sp³-hybridized carbons (Fsp3) is 0.500. The number of methoxy groups -OCH3 is 1. The van der Waals surface area contributed by atoms with E-state index in [-0.39, 0.29) is 0 Å². The second-order valence-electron chi connectivity index (χ2n) is 2.81. The number of ether oxygens (including phenoxy) is 1. The van der Waals surface area contributed by atoms with Gasteiger partial charge in [-0.25, -0.2) is 0 Å². The monoisotopic (exact) mass is 162 g/mol.